The van der Waals surface area contributed by atoms with Crippen LogP contribution in [0.5, 0.6) is 0 Å². The molecule has 2 fully saturated rings. The molecule has 3 heterocycles. The summed E-state index contributed by atoms with van der Waals surface area (Å²) in [6, 6.07) is 3.11. The van der Waals surface area contributed by atoms with E-state index in [4.69, 9.17) is 10.5 Å². The first-order valence-corrected chi connectivity index (χ1v) is 8.99. The van der Waals surface area contributed by atoms with Crippen molar-refractivity contribution >= 4 is 11.8 Å². The topological polar surface area (TPSA) is 88.3 Å². The molecule has 0 spiro atoms. The molecule has 4 N–H and O–H groups in total. The van der Waals surface area contributed by atoms with Gasteiger partial charge in [0.1, 0.15) is 5.82 Å². The minimum Gasteiger partial charge on any atom is -0.381 e. The van der Waals surface area contributed by atoms with E-state index in [9.17, 15) is 0 Å². The van der Waals surface area contributed by atoms with Crippen molar-refractivity contribution in [1.29, 1.82) is 0 Å². The summed E-state index contributed by atoms with van der Waals surface area (Å²) in [5, 5.41) is 0. The number of nitrogens with zero attached hydrogens (tertiary/aromatic N) is 3. The van der Waals surface area contributed by atoms with Gasteiger partial charge >= 0.3 is 0 Å². The Kier molecular flexibility index (Phi) is 5.53. The number of hydrazine groups is 1. The summed E-state index contributed by atoms with van der Waals surface area (Å²) in [6.07, 6.45) is 3.33. The number of aromatic nitrogens is 2. The van der Waals surface area contributed by atoms with Gasteiger partial charge in [-0.2, -0.15) is 4.98 Å². The van der Waals surface area contributed by atoms with Gasteiger partial charge < -0.3 is 15.4 Å². The second-order valence-electron chi connectivity index (χ2n) is 7.16. The second kappa shape index (κ2) is 7.63. The highest BCUT2D eigenvalue weighted by Crippen LogP contribution is 2.27. The summed E-state index contributed by atoms with van der Waals surface area (Å²) in [5.41, 5.74) is 13.6. The van der Waals surface area contributed by atoms with Crippen molar-refractivity contribution in [3.05, 3.63) is 11.8 Å². The van der Waals surface area contributed by atoms with Crippen LogP contribution in [-0.2, 0) is 4.74 Å². The summed E-state index contributed by atoms with van der Waals surface area (Å²) in [6.45, 7) is 6.99. The first-order valence-electron chi connectivity index (χ1n) is 8.99. The zero-order valence-electron chi connectivity index (χ0n) is 15.0. The summed E-state index contributed by atoms with van der Waals surface area (Å²) < 4.78 is 5.47. The maximum Gasteiger partial charge on any atom is 0.222 e. The first-order chi connectivity index (χ1) is 11.5. The Hall–Kier alpha value is -1.44. The molecule has 0 amide bonds. The monoisotopic (exact) mass is 334 g/mol. The van der Waals surface area contributed by atoms with Gasteiger partial charge in [0.05, 0.1) is 12.3 Å². The van der Waals surface area contributed by atoms with Crippen LogP contribution in [0.3, 0.4) is 0 Å². The van der Waals surface area contributed by atoms with Crippen molar-refractivity contribution in [2.24, 2.45) is 5.92 Å². The van der Waals surface area contributed by atoms with Gasteiger partial charge in [0.25, 0.3) is 0 Å². The number of nitrogens with one attached hydrogen (secondary N) is 2. The van der Waals surface area contributed by atoms with E-state index in [1.807, 2.05) is 0 Å². The fraction of sp³-hybridized carbons (Fsp3) is 0.765. The molecule has 0 bridgehead atoms. The molecular formula is C17H30N6O. The number of anilines is 2. The van der Waals surface area contributed by atoms with Crippen LogP contribution < -0.4 is 21.5 Å². The molecule has 0 aliphatic carbocycles. The molecule has 1 aromatic heterocycles. The predicted octanol–water partition coefficient (Wildman–Crippen LogP) is 1.28. The number of nitrogen functional groups attached to an aromatic ring is 1. The zero-order valence-corrected chi connectivity index (χ0v) is 15.0. The Labute approximate surface area is 144 Å². The van der Waals surface area contributed by atoms with Crippen LogP contribution in [0.4, 0.5) is 11.8 Å². The van der Waals surface area contributed by atoms with Crippen LogP contribution in [0.25, 0.3) is 0 Å². The van der Waals surface area contributed by atoms with E-state index in [1.54, 1.807) is 0 Å². The molecule has 1 aromatic rings. The van der Waals surface area contributed by atoms with E-state index >= 15 is 0 Å². The normalized spacial score (nSPS) is 30.0. The number of hydrogen-bond acceptors (Lipinski definition) is 7. The van der Waals surface area contributed by atoms with Crippen LogP contribution in [0.2, 0.25) is 0 Å². The quantitative estimate of drug-likeness (QED) is 0.722. The van der Waals surface area contributed by atoms with Crippen molar-refractivity contribution in [2.75, 3.05) is 37.4 Å². The molecule has 3 atom stereocenters. The fourth-order valence-corrected chi connectivity index (χ4v) is 3.73. The standard InChI is InChI=1S/C17H30N6O/c1-11-14(12(2)22-21-11)5-4-7-23(3)16-9-15(19-17(18)20-16)13-6-8-24-10-13/h9,11-14,21-22H,4-8,10H2,1-3H3,(H2,18,19,20). The van der Waals surface area contributed by atoms with Gasteiger partial charge in [-0.3, -0.25) is 10.9 Å². The van der Waals surface area contributed by atoms with Crippen molar-refractivity contribution < 1.29 is 4.74 Å². The third-order valence-electron chi connectivity index (χ3n) is 5.34. The Morgan fingerprint density at radius 3 is 2.71 bits per heavy atom. The summed E-state index contributed by atoms with van der Waals surface area (Å²) in [5.74, 6) is 2.28. The van der Waals surface area contributed by atoms with Crippen LogP contribution in [0, 0.1) is 5.92 Å². The van der Waals surface area contributed by atoms with Gasteiger partial charge in [-0.15, -0.1) is 0 Å². The van der Waals surface area contributed by atoms with E-state index in [0.717, 1.165) is 44.1 Å². The van der Waals surface area contributed by atoms with Gasteiger partial charge in [-0.05, 0) is 39.0 Å². The molecule has 2 saturated heterocycles. The van der Waals surface area contributed by atoms with Gasteiger partial charge in [0.15, 0.2) is 0 Å². The number of hydrogen-bond donors (Lipinski definition) is 3. The van der Waals surface area contributed by atoms with E-state index in [0.29, 0.717) is 29.9 Å². The predicted molar refractivity (Wildman–Crippen MR) is 95.8 cm³/mol. The first kappa shape index (κ1) is 17.4. The fourth-order valence-electron chi connectivity index (χ4n) is 3.73. The summed E-state index contributed by atoms with van der Waals surface area (Å²) in [7, 11) is 2.08. The molecule has 134 valence electrons. The Morgan fingerprint density at radius 1 is 1.29 bits per heavy atom. The highest BCUT2D eigenvalue weighted by atomic mass is 16.5. The van der Waals surface area contributed by atoms with E-state index in [2.05, 4.69) is 52.7 Å². The maximum atomic E-state index is 5.92. The summed E-state index contributed by atoms with van der Waals surface area (Å²) in [4.78, 5) is 11.0. The SMILES string of the molecule is CC1NNC(C)C1CCCN(C)c1cc(C2CCOC2)nc(N)n1. The minimum absolute atomic E-state index is 0.347. The smallest absolute Gasteiger partial charge is 0.222 e. The lowest BCUT2D eigenvalue weighted by Crippen LogP contribution is -2.30. The van der Waals surface area contributed by atoms with Gasteiger partial charge in [-0.25, -0.2) is 4.98 Å². The number of rotatable bonds is 6. The molecule has 24 heavy (non-hydrogen) atoms. The lowest BCUT2D eigenvalue weighted by Gasteiger charge is -2.22. The number of nitrogens with two attached hydrogens (primary N) is 1. The largest absolute Gasteiger partial charge is 0.381 e. The second-order valence-corrected chi connectivity index (χ2v) is 7.16. The Bertz CT molecular complexity index is 538. The van der Waals surface area contributed by atoms with Crippen molar-refractivity contribution in [3.8, 4) is 0 Å². The molecule has 3 rings (SSSR count). The van der Waals surface area contributed by atoms with E-state index < -0.39 is 0 Å². The lowest BCUT2D eigenvalue weighted by atomic mass is 9.91. The molecule has 0 aromatic carbocycles. The van der Waals surface area contributed by atoms with Gasteiger partial charge in [0.2, 0.25) is 5.95 Å². The van der Waals surface area contributed by atoms with Crippen molar-refractivity contribution in [2.45, 2.75) is 51.1 Å². The lowest BCUT2D eigenvalue weighted by molar-refractivity contribution is 0.193. The molecular weight excluding hydrogens is 304 g/mol. The molecule has 7 heteroatoms. The zero-order chi connectivity index (χ0) is 17.1. The van der Waals surface area contributed by atoms with Crippen molar-refractivity contribution in [1.82, 2.24) is 20.8 Å². The maximum absolute atomic E-state index is 5.92. The molecule has 7 nitrogen and oxygen atoms in total. The third kappa shape index (κ3) is 3.96. The average molecular weight is 334 g/mol. The molecule has 3 unspecified atom stereocenters. The molecule has 0 radical (unpaired) electrons. The van der Waals surface area contributed by atoms with Crippen LogP contribution in [0.1, 0.15) is 44.7 Å². The van der Waals surface area contributed by atoms with Gasteiger partial charge in [-0.1, -0.05) is 0 Å². The number of ether oxygens (including phenoxy) is 1. The third-order valence-corrected chi connectivity index (χ3v) is 5.34. The highest BCUT2D eigenvalue weighted by molar-refractivity contribution is 5.43. The minimum atomic E-state index is 0.347. The Balaban J connectivity index is 1.57. The van der Waals surface area contributed by atoms with E-state index in [1.165, 1.54) is 6.42 Å². The molecule has 2 aliphatic rings. The highest BCUT2D eigenvalue weighted by Gasteiger charge is 2.29. The molecule has 2 aliphatic heterocycles. The van der Waals surface area contributed by atoms with Crippen LogP contribution in [-0.4, -0.2) is 48.9 Å². The van der Waals surface area contributed by atoms with E-state index in [-0.39, 0.29) is 0 Å². The molecule has 0 saturated carbocycles. The average Bonchev–Trinajstić information content (AvgIpc) is 3.19. The van der Waals surface area contributed by atoms with Crippen LogP contribution >= 0.6 is 0 Å². The van der Waals surface area contributed by atoms with Crippen molar-refractivity contribution in [3.63, 3.8) is 0 Å². The van der Waals surface area contributed by atoms with Gasteiger partial charge in [0, 0.05) is 44.3 Å². The van der Waals surface area contributed by atoms with Crippen LogP contribution in [0.15, 0.2) is 6.07 Å². The summed E-state index contributed by atoms with van der Waals surface area (Å²) >= 11 is 0. The Morgan fingerprint density at radius 2 is 2.04 bits per heavy atom.